The van der Waals surface area contributed by atoms with E-state index >= 15 is 0 Å². The summed E-state index contributed by atoms with van der Waals surface area (Å²) in [4.78, 5) is 9.79. The smallest absolute Gasteiger partial charge is 0.238 e. The number of nitrogens with two attached hydrogens (primary N) is 1. The van der Waals surface area contributed by atoms with Crippen LogP contribution < -0.4 is 10.0 Å². The van der Waals surface area contributed by atoms with Gasteiger partial charge in [-0.15, -0.1) is 0 Å². The summed E-state index contributed by atoms with van der Waals surface area (Å²) >= 11 is 0. The van der Waals surface area contributed by atoms with Crippen LogP contribution in [0.3, 0.4) is 0 Å². The highest BCUT2D eigenvalue weighted by Gasteiger charge is 2.26. The van der Waals surface area contributed by atoms with Gasteiger partial charge in [0.1, 0.15) is 0 Å². The highest BCUT2D eigenvalue weighted by atomic mass is 32.2. The van der Waals surface area contributed by atoms with Gasteiger partial charge in [-0.3, -0.25) is 0 Å². The average Bonchev–Trinajstić information content (AvgIpc) is 2.75. The molecule has 120 valence electrons. The monoisotopic (exact) mass is 324 g/mol. The lowest BCUT2D eigenvalue weighted by Gasteiger charge is -2.21. The first-order valence-corrected chi connectivity index (χ1v) is 8.79. The number of aliphatic hydroxyl groups is 1. The van der Waals surface area contributed by atoms with Crippen LogP contribution in [0.4, 0.5) is 5.95 Å². The second-order valence-corrected chi connectivity index (χ2v) is 7.68. The first kappa shape index (κ1) is 15.3. The Hall–Kier alpha value is -1.64. The molecule has 1 aliphatic heterocycles. The van der Waals surface area contributed by atoms with Gasteiger partial charge in [-0.1, -0.05) is 0 Å². The molecule has 22 heavy (non-hydrogen) atoms. The summed E-state index contributed by atoms with van der Waals surface area (Å²) in [7, 11) is -3.73. The Kier molecular flexibility index (Phi) is 3.62. The molecule has 3 rings (SSSR count). The molecule has 1 aromatic heterocycles. The van der Waals surface area contributed by atoms with Crippen LogP contribution >= 0.6 is 0 Å². The standard InChI is InChI=1S/C14H20N4O3S/c1-14(19)5-2-7-18(8-6-14)13-16-11-4-3-10(22(15,20)21)9-12(11)17-13/h3-4,9,19H,2,5-8H2,1H3,(H,16,17)(H2,15,20,21). The third kappa shape index (κ3) is 3.08. The molecule has 2 heterocycles. The first-order chi connectivity index (χ1) is 10.2. The fourth-order valence-electron chi connectivity index (χ4n) is 2.78. The van der Waals surface area contributed by atoms with Gasteiger partial charge in [0.25, 0.3) is 0 Å². The van der Waals surface area contributed by atoms with E-state index in [-0.39, 0.29) is 4.90 Å². The highest BCUT2D eigenvalue weighted by molar-refractivity contribution is 7.89. The van der Waals surface area contributed by atoms with Crippen LogP contribution in [0.1, 0.15) is 26.2 Å². The second-order valence-electron chi connectivity index (χ2n) is 6.12. The van der Waals surface area contributed by atoms with E-state index < -0.39 is 15.6 Å². The van der Waals surface area contributed by atoms with Gasteiger partial charge in [-0.2, -0.15) is 0 Å². The number of hydrogen-bond acceptors (Lipinski definition) is 5. The molecule has 1 atom stereocenters. The zero-order chi connectivity index (χ0) is 16.0. The molecule has 7 nitrogen and oxygen atoms in total. The number of rotatable bonds is 2. The number of aromatic amines is 1. The number of imidazole rings is 1. The van der Waals surface area contributed by atoms with Crippen LogP contribution in [0.2, 0.25) is 0 Å². The Labute approximate surface area is 129 Å². The zero-order valence-corrected chi connectivity index (χ0v) is 13.2. The van der Waals surface area contributed by atoms with Crippen molar-refractivity contribution in [2.45, 2.75) is 36.7 Å². The fraction of sp³-hybridized carbons (Fsp3) is 0.500. The van der Waals surface area contributed by atoms with Gasteiger partial charge in [-0.05, 0) is 44.4 Å². The van der Waals surface area contributed by atoms with Crippen molar-refractivity contribution < 1.29 is 13.5 Å². The predicted octanol–water partition coefficient (Wildman–Crippen LogP) is 0.952. The van der Waals surface area contributed by atoms with E-state index in [1.807, 2.05) is 6.92 Å². The van der Waals surface area contributed by atoms with Crippen LogP contribution in [0.15, 0.2) is 23.1 Å². The molecule has 0 aliphatic carbocycles. The maximum Gasteiger partial charge on any atom is 0.238 e. The summed E-state index contributed by atoms with van der Waals surface area (Å²) in [6.45, 7) is 3.36. The summed E-state index contributed by atoms with van der Waals surface area (Å²) < 4.78 is 22.8. The maximum atomic E-state index is 11.4. The van der Waals surface area contributed by atoms with E-state index in [0.29, 0.717) is 29.9 Å². The van der Waals surface area contributed by atoms with Crippen molar-refractivity contribution in [2.75, 3.05) is 18.0 Å². The molecule has 1 aromatic carbocycles. The van der Waals surface area contributed by atoms with Crippen molar-refractivity contribution in [3.05, 3.63) is 18.2 Å². The van der Waals surface area contributed by atoms with Gasteiger partial charge >= 0.3 is 0 Å². The molecule has 0 spiro atoms. The summed E-state index contributed by atoms with van der Waals surface area (Å²) in [5.74, 6) is 0.694. The van der Waals surface area contributed by atoms with Gasteiger partial charge in [-0.25, -0.2) is 18.5 Å². The Morgan fingerprint density at radius 1 is 1.36 bits per heavy atom. The second kappa shape index (κ2) is 5.22. The Balaban J connectivity index is 1.92. The molecule has 1 fully saturated rings. The van der Waals surface area contributed by atoms with E-state index in [2.05, 4.69) is 14.9 Å². The average molecular weight is 324 g/mol. The molecule has 1 saturated heterocycles. The first-order valence-electron chi connectivity index (χ1n) is 7.25. The topological polar surface area (TPSA) is 112 Å². The maximum absolute atomic E-state index is 11.4. The molecule has 1 unspecified atom stereocenters. The van der Waals surface area contributed by atoms with Gasteiger partial charge in [0, 0.05) is 13.1 Å². The zero-order valence-electron chi connectivity index (χ0n) is 12.4. The number of aromatic nitrogens is 2. The van der Waals surface area contributed by atoms with Crippen molar-refractivity contribution in [2.24, 2.45) is 5.14 Å². The number of H-pyrrole nitrogens is 1. The molecule has 0 saturated carbocycles. The number of sulfonamides is 1. The number of nitrogens with zero attached hydrogens (tertiary/aromatic N) is 2. The molecular weight excluding hydrogens is 304 g/mol. The van der Waals surface area contributed by atoms with E-state index in [1.54, 1.807) is 6.07 Å². The lowest BCUT2D eigenvalue weighted by Crippen LogP contribution is -2.28. The van der Waals surface area contributed by atoms with Gasteiger partial charge in [0.2, 0.25) is 16.0 Å². The van der Waals surface area contributed by atoms with Crippen LogP contribution in [0.5, 0.6) is 0 Å². The SMILES string of the molecule is CC1(O)CCCN(c2nc3ccc(S(N)(=O)=O)cc3[nH]2)CC1. The fourth-order valence-corrected chi connectivity index (χ4v) is 3.32. The van der Waals surface area contributed by atoms with E-state index in [1.165, 1.54) is 12.1 Å². The van der Waals surface area contributed by atoms with Crippen LogP contribution in [-0.2, 0) is 10.0 Å². The minimum Gasteiger partial charge on any atom is -0.390 e. The number of fused-ring (bicyclic) bond motifs is 1. The lowest BCUT2D eigenvalue weighted by molar-refractivity contribution is 0.0481. The largest absolute Gasteiger partial charge is 0.390 e. The van der Waals surface area contributed by atoms with Crippen molar-refractivity contribution in [1.29, 1.82) is 0 Å². The van der Waals surface area contributed by atoms with E-state index in [0.717, 1.165) is 19.4 Å². The Morgan fingerprint density at radius 2 is 2.14 bits per heavy atom. The molecule has 0 radical (unpaired) electrons. The molecular formula is C14H20N4O3S. The number of primary sulfonamides is 1. The molecule has 8 heteroatoms. The number of hydrogen-bond donors (Lipinski definition) is 3. The van der Waals surface area contributed by atoms with Gasteiger partial charge in [0.05, 0.1) is 21.5 Å². The minimum atomic E-state index is -3.73. The van der Waals surface area contributed by atoms with E-state index in [9.17, 15) is 13.5 Å². The summed E-state index contributed by atoms with van der Waals surface area (Å²) in [5.41, 5.74) is 0.692. The van der Waals surface area contributed by atoms with Crippen LogP contribution in [-0.4, -0.2) is 42.2 Å². The van der Waals surface area contributed by atoms with Gasteiger partial charge in [0.15, 0.2) is 0 Å². The molecule has 0 amide bonds. The molecule has 0 bridgehead atoms. The quantitative estimate of drug-likeness (QED) is 0.761. The number of benzene rings is 1. The van der Waals surface area contributed by atoms with Crippen molar-refractivity contribution in [3.8, 4) is 0 Å². The van der Waals surface area contributed by atoms with Gasteiger partial charge < -0.3 is 15.0 Å². The molecule has 4 N–H and O–H groups in total. The summed E-state index contributed by atoms with van der Waals surface area (Å²) in [6.07, 6.45) is 2.32. The summed E-state index contributed by atoms with van der Waals surface area (Å²) in [6, 6.07) is 4.59. The highest BCUT2D eigenvalue weighted by Crippen LogP contribution is 2.26. The lowest BCUT2D eigenvalue weighted by atomic mass is 9.98. The number of nitrogens with one attached hydrogen (secondary N) is 1. The number of anilines is 1. The van der Waals surface area contributed by atoms with Crippen molar-refractivity contribution in [1.82, 2.24) is 9.97 Å². The van der Waals surface area contributed by atoms with E-state index in [4.69, 9.17) is 5.14 Å². The normalized spacial score (nSPS) is 23.7. The molecule has 2 aromatic rings. The predicted molar refractivity (Wildman–Crippen MR) is 84.2 cm³/mol. The molecule has 1 aliphatic rings. The Morgan fingerprint density at radius 3 is 2.86 bits per heavy atom. The van der Waals surface area contributed by atoms with Crippen LogP contribution in [0.25, 0.3) is 11.0 Å². The third-order valence-corrected chi connectivity index (χ3v) is 5.04. The van der Waals surface area contributed by atoms with Crippen molar-refractivity contribution in [3.63, 3.8) is 0 Å². The summed E-state index contributed by atoms with van der Waals surface area (Å²) in [5, 5.41) is 15.3. The van der Waals surface area contributed by atoms with Crippen molar-refractivity contribution >= 4 is 27.0 Å². The minimum absolute atomic E-state index is 0.0639. The van der Waals surface area contributed by atoms with Crippen LogP contribution in [0, 0.1) is 0 Å². The Bertz CT molecular complexity index is 798. The third-order valence-electron chi connectivity index (χ3n) is 4.13.